The van der Waals surface area contributed by atoms with Gasteiger partial charge in [0.15, 0.2) is 11.6 Å². The van der Waals surface area contributed by atoms with Crippen molar-refractivity contribution in [2.24, 2.45) is 0 Å². The van der Waals surface area contributed by atoms with Crippen LogP contribution in [0.2, 0.25) is 0 Å². The van der Waals surface area contributed by atoms with Crippen LogP contribution in [0, 0.1) is 6.92 Å². The molecule has 0 bridgehead atoms. The Morgan fingerprint density at radius 1 is 1.36 bits per heavy atom. The molecule has 6 nitrogen and oxygen atoms in total. The fourth-order valence-corrected chi connectivity index (χ4v) is 3.36. The lowest BCUT2D eigenvalue weighted by Gasteiger charge is -2.15. The van der Waals surface area contributed by atoms with E-state index in [-0.39, 0.29) is 5.91 Å². The molecule has 3 heterocycles. The van der Waals surface area contributed by atoms with Gasteiger partial charge in [-0.1, -0.05) is 18.2 Å². The van der Waals surface area contributed by atoms with E-state index < -0.39 is 0 Å². The molecule has 1 aromatic carbocycles. The van der Waals surface area contributed by atoms with Gasteiger partial charge in [0.1, 0.15) is 0 Å². The monoisotopic (exact) mass is 376 g/mol. The predicted octanol–water partition coefficient (Wildman–Crippen LogP) is 3.74. The predicted molar refractivity (Wildman–Crippen MR) is 111 cm³/mol. The molecule has 0 spiro atoms. The maximum absolute atomic E-state index is 12.6. The average Bonchev–Trinajstić information content (AvgIpc) is 2.88. The van der Waals surface area contributed by atoms with Crippen LogP contribution < -0.4 is 10.1 Å². The first kappa shape index (κ1) is 18.1. The Kier molecular flexibility index (Phi) is 5.02. The van der Waals surface area contributed by atoms with E-state index in [0.29, 0.717) is 13.2 Å². The van der Waals surface area contributed by atoms with Crippen LogP contribution >= 0.6 is 0 Å². The van der Waals surface area contributed by atoms with Gasteiger partial charge in [-0.15, -0.1) is 0 Å². The van der Waals surface area contributed by atoms with Crippen molar-refractivity contribution in [2.75, 3.05) is 25.5 Å². The summed E-state index contributed by atoms with van der Waals surface area (Å²) in [6.07, 6.45) is 6.04. The van der Waals surface area contributed by atoms with E-state index in [0.717, 1.165) is 41.3 Å². The van der Waals surface area contributed by atoms with Crippen LogP contribution in [0.25, 0.3) is 17.0 Å². The van der Waals surface area contributed by atoms with E-state index in [4.69, 9.17) is 4.74 Å². The number of benzene rings is 1. The van der Waals surface area contributed by atoms with Crippen molar-refractivity contribution in [2.45, 2.75) is 19.9 Å². The van der Waals surface area contributed by atoms with Crippen molar-refractivity contribution in [3.05, 3.63) is 59.4 Å². The number of rotatable bonds is 4. The second-order valence-electron chi connectivity index (χ2n) is 7.05. The maximum atomic E-state index is 12.6. The van der Waals surface area contributed by atoms with Crippen LogP contribution in [0.1, 0.15) is 23.2 Å². The van der Waals surface area contributed by atoms with E-state index >= 15 is 0 Å². The molecule has 0 radical (unpaired) electrons. The molecule has 0 saturated carbocycles. The van der Waals surface area contributed by atoms with Crippen LogP contribution in [-0.2, 0) is 11.3 Å². The first-order valence-electron chi connectivity index (χ1n) is 9.48. The molecule has 0 unspecified atom stereocenters. The number of carbonyl (C=O) groups is 1. The SMILES string of the molecule is Cc1c(CN(C)C(=O)/C=C/c2cnc3c(c2)OCCCN3)[nH]c2ccccc12. The molecule has 6 heteroatoms. The Bertz CT molecular complexity index is 1040. The summed E-state index contributed by atoms with van der Waals surface area (Å²) in [5.41, 5.74) is 4.16. The number of likely N-dealkylation sites (N-methyl/N-ethyl adjacent to an activating group) is 1. The molecule has 0 saturated heterocycles. The number of anilines is 1. The first-order valence-corrected chi connectivity index (χ1v) is 9.48. The van der Waals surface area contributed by atoms with Gasteiger partial charge in [-0.05, 0) is 42.7 Å². The van der Waals surface area contributed by atoms with Gasteiger partial charge >= 0.3 is 0 Å². The molecule has 28 heavy (non-hydrogen) atoms. The van der Waals surface area contributed by atoms with Gasteiger partial charge in [0.2, 0.25) is 5.91 Å². The summed E-state index contributed by atoms with van der Waals surface area (Å²) in [4.78, 5) is 22.1. The quantitative estimate of drug-likeness (QED) is 0.681. The van der Waals surface area contributed by atoms with Crippen LogP contribution in [0.5, 0.6) is 5.75 Å². The summed E-state index contributed by atoms with van der Waals surface area (Å²) in [7, 11) is 1.81. The molecule has 1 aliphatic heterocycles. The van der Waals surface area contributed by atoms with E-state index in [1.165, 1.54) is 10.9 Å². The number of hydrogen-bond donors (Lipinski definition) is 2. The van der Waals surface area contributed by atoms with Gasteiger partial charge in [-0.2, -0.15) is 0 Å². The molecule has 1 aliphatic rings. The van der Waals surface area contributed by atoms with Crippen LogP contribution in [-0.4, -0.2) is 41.0 Å². The second kappa shape index (κ2) is 7.76. The number of nitrogens with zero attached hydrogens (tertiary/aromatic N) is 2. The number of H-pyrrole nitrogens is 1. The van der Waals surface area contributed by atoms with E-state index in [1.807, 2.05) is 18.2 Å². The molecule has 3 aromatic rings. The highest BCUT2D eigenvalue weighted by Gasteiger charge is 2.13. The van der Waals surface area contributed by atoms with Crippen molar-refractivity contribution in [1.29, 1.82) is 0 Å². The topological polar surface area (TPSA) is 70.2 Å². The third-order valence-corrected chi connectivity index (χ3v) is 5.00. The van der Waals surface area contributed by atoms with Crippen molar-refractivity contribution >= 4 is 28.7 Å². The molecule has 0 aliphatic carbocycles. The van der Waals surface area contributed by atoms with Crippen molar-refractivity contribution in [3.8, 4) is 5.75 Å². The summed E-state index contributed by atoms with van der Waals surface area (Å²) in [6, 6.07) is 10.1. The van der Waals surface area contributed by atoms with Crippen molar-refractivity contribution in [3.63, 3.8) is 0 Å². The molecular weight excluding hydrogens is 352 g/mol. The Balaban J connectivity index is 1.45. The van der Waals surface area contributed by atoms with E-state index in [9.17, 15) is 4.79 Å². The Morgan fingerprint density at radius 3 is 3.07 bits per heavy atom. The zero-order valence-corrected chi connectivity index (χ0v) is 16.2. The summed E-state index contributed by atoms with van der Waals surface area (Å²) in [5, 5.41) is 4.43. The lowest BCUT2D eigenvalue weighted by molar-refractivity contribution is -0.125. The minimum atomic E-state index is -0.0629. The molecule has 2 aromatic heterocycles. The minimum absolute atomic E-state index is 0.0629. The summed E-state index contributed by atoms with van der Waals surface area (Å²) in [6.45, 7) is 4.13. The third-order valence-electron chi connectivity index (χ3n) is 5.00. The number of amides is 1. The number of pyridine rings is 1. The van der Waals surface area contributed by atoms with Gasteiger partial charge in [-0.25, -0.2) is 4.98 Å². The largest absolute Gasteiger partial charge is 0.490 e. The smallest absolute Gasteiger partial charge is 0.246 e. The average molecular weight is 376 g/mol. The Labute approximate surface area is 164 Å². The standard InChI is InChI=1S/C22H24N4O2/c1-15-17-6-3-4-7-18(17)25-19(15)14-26(2)21(27)9-8-16-12-20-22(24-13-16)23-10-5-11-28-20/h3-4,6-9,12-13,25H,5,10-11,14H2,1-2H3,(H,23,24)/b9-8+. The summed E-state index contributed by atoms with van der Waals surface area (Å²) in [5.74, 6) is 1.42. The molecule has 1 amide bonds. The van der Waals surface area contributed by atoms with Gasteiger partial charge in [0.25, 0.3) is 0 Å². The highest BCUT2D eigenvalue weighted by atomic mass is 16.5. The fraction of sp³-hybridized carbons (Fsp3) is 0.273. The number of para-hydroxylation sites is 1. The van der Waals surface area contributed by atoms with Crippen molar-refractivity contribution < 1.29 is 9.53 Å². The summed E-state index contributed by atoms with van der Waals surface area (Å²) < 4.78 is 5.71. The summed E-state index contributed by atoms with van der Waals surface area (Å²) >= 11 is 0. The molecule has 4 rings (SSSR count). The van der Waals surface area contributed by atoms with Crippen molar-refractivity contribution in [1.82, 2.24) is 14.9 Å². The number of aryl methyl sites for hydroxylation is 1. The Hall–Kier alpha value is -3.28. The molecule has 144 valence electrons. The van der Waals surface area contributed by atoms with Crippen LogP contribution in [0.3, 0.4) is 0 Å². The van der Waals surface area contributed by atoms with Gasteiger partial charge in [0.05, 0.1) is 13.2 Å². The lowest BCUT2D eigenvalue weighted by atomic mass is 10.1. The lowest BCUT2D eigenvalue weighted by Crippen LogP contribution is -2.24. The Morgan fingerprint density at radius 2 is 2.21 bits per heavy atom. The number of nitrogens with one attached hydrogen (secondary N) is 2. The minimum Gasteiger partial charge on any atom is -0.490 e. The zero-order valence-electron chi connectivity index (χ0n) is 16.2. The van der Waals surface area contributed by atoms with Crippen LogP contribution in [0.4, 0.5) is 5.82 Å². The normalized spacial score (nSPS) is 13.6. The van der Waals surface area contributed by atoms with Gasteiger partial charge < -0.3 is 19.9 Å². The zero-order chi connectivity index (χ0) is 19.5. The number of carbonyl (C=O) groups excluding carboxylic acids is 1. The van der Waals surface area contributed by atoms with E-state index in [1.54, 1.807) is 30.3 Å². The highest BCUT2D eigenvalue weighted by molar-refractivity contribution is 5.92. The number of aromatic nitrogens is 2. The van der Waals surface area contributed by atoms with Gasteiger partial charge in [0, 0.05) is 42.5 Å². The second-order valence-corrected chi connectivity index (χ2v) is 7.05. The van der Waals surface area contributed by atoms with Crippen LogP contribution in [0.15, 0.2) is 42.6 Å². The van der Waals surface area contributed by atoms with Gasteiger partial charge in [-0.3, -0.25) is 4.79 Å². The highest BCUT2D eigenvalue weighted by Crippen LogP contribution is 2.26. The molecule has 0 atom stereocenters. The number of ether oxygens (including phenoxy) is 1. The molecule has 0 fully saturated rings. The molecular formula is C22H24N4O2. The van der Waals surface area contributed by atoms with E-state index in [2.05, 4.69) is 34.3 Å². The number of fused-ring (bicyclic) bond motifs is 2. The fourth-order valence-electron chi connectivity index (χ4n) is 3.36. The molecule has 2 N–H and O–H groups in total. The number of hydrogen-bond acceptors (Lipinski definition) is 4. The maximum Gasteiger partial charge on any atom is 0.246 e. The third kappa shape index (κ3) is 3.71. The first-order chi connectivity index (χ1) is 13.6. The number of aromatic amines is 1.